The summed E-state index contributed by atoms with van der Waals surface area (Å²) in [6.07, 6.45) is -5.23. The highest BCUT2D eigenvalue weighted by atomic mass is 19.4. The average Bonchev–Trinajstić information content (AvgIpc) is 2.39. The third kappa shape index (κ3) is 4.30. The van der Waals surface area contributed by atoms with E-state index in [1.54, 1.807) is 37.3 Å². The lowest BCUT2D eigenvalue weighted by atomic mass is 10.1. The van der Waals surface area contributed by atoms with E-state index in [1.165, 1.54) is 18.2 Å². The first-order valence-electron chi connectivity index (χ1n) is 6.22. The fourth-order valence-corrected chi connectivity index (χ4v) is 1.83. The van der Waals surface area contributed by atoms with Crippen LogP contribution < -0.4 is 15.2 Å². The number of nitrogens with two attached hydrogens (primary N) is 1. The standard InChI is InChI=1S/C15H14F3NO2/c1-10(11-5-4-6-12(19)9-11)20-13-7-2-3-8-14(13)21-15(16,17)18/h2-10H,19H2,1H3. The first-order valence-corrected chi connectivity index (χ1v) is 6.22. The Morgan fingerprint density at radius 2 is 1.67 bits per heavy atom. The van der Waals surface area contributed by atoms with E-state index in [0.29, 0.717) is 5.69 Å². The highest BCUT2D eigenvalue weighted by Crippen LogP contribution is 2.34. The van der Waals surface area contributed by atoms with Gasteiger partial charge in [0.05, 0.1) is 0 Å². The molecule has 0 spiro atoms. The number of ether oxygens (including phenoxy) is 2. The number of benzene rings is 2. The third-order valence-corrected chi connectivity index (χ3v) is 2.76. The van der Waals surface area contributed by atoms with Gasteiger partial charge in [-0.1, -0.05) is 24.3 Å². The largest absolute Gasteiger partial charge is 0.573 e. The SMILES string of the molecule is CC(Oc1ccccc1OC(F)(F)F)c1cccc(N)c1. The van der Waals surface area contributed by atoms with Crippen molar-refractivity contribution in [3.63, 3.8) is 0 Å². The van der Waals surface area contributed by atoms with Crippen molar-refractivity contribution < 1.29 is 22.6 Å². The lowest BCUT2D eigenvalue weighted by Gasteiger charge is -2.18. The molecule has 3 nitrogen and oxygen atoms in total. The van der Waals surface area contributed by atoms with Crippen molar-refractivity contribution in [2.45, 2.75) is 19.4 Å². The quantitative estimate of drug-likeness (QED) is 0.855. The molecule has 0 fully saturated rings. The van der Waals surface area contributed by atoms with Crippen LogP contribution in [0.2, 0.25) is 0 Å². The van der Waals surface area contributed by atoms with E-state index in [4.69, 9.17) is 10.5 Å². The Labute approximate surface area is 120 Å². The number of halogens is 3. The molecule has 0 aliphatic heterocycles. The minimum absolute atomic E-state index is 0.0183. The summed E-state index contributed by atoms with van der Waals surface area (Å²) in [6.45, 7) is 1.72. The second-order valence-corrected chi connectivity index (χ2v) is 4.42. The second-order valence-electron chi connectivity index (χ2n) is 4.42. The molecule has 112 valence electrons. The summed E-state index contributed by atoms with van der Waals surface area (Å²) in [4.78, 5) is 0. The van der Waals surface area contributed by atoms with Crippen LogP contribution in [0.3, 0.4) is 0 Å². The molecule has 2 rings (SSSR count). The van der Waals surface area contributed by atoms with E-state index < -0.39 is 12.5 Å². The van der Waals surface area contributed by atoms with E-state index in [1.807, 2.05) is 0 Å². The van der Waals surface area contributed by atoms with Crippen molar-refractivity contribution in [1.82, 2.24) is 0 Å². The number of alkyl halides is 3. The molecule has 1 unspecified atom stereocenters. The Kier molecular flexibility index (Phi) is 4.26. The summed E-state index contributed by atoms with van der Waals surface area (Å²) >= 11 is 0. The topological polar surface area (TPSA) is 44.5 Å². The number of anilines is 1. The van der Waals surface area contributed by atoms with Gasteiger partial charge in [0.15, 0.2) is 11.5 Å². The molecule has 0 bridgehead atoms. The van der Waals surface area contributed by atoms with Crippen LogP contribution in [0, 0.1) is 0 Å². The van der Waals surface area contributed by atoms with Crippen molar-refractivity contribution in [1.29, 1.82) is 0 Å². The normalized spacial score (nSPS) is 12.8. The predicted octanol–water partition coefficient (Wildman–Crippen LogP) is 4.31. The molecule has 0 amide bonds. The summed E-state index contributed by atoms with van der Waals surface area (Å²) < 4.78 is 46.5. The Morgan fingerprint density at radius 1 is 1.00 bits per heavy atom. The van der Waals surface area contributed by atoms with Crippen LogP contribution in [0.4, 0.5) is 18.9 Å². The van der Waals surface area contributed by atoms with Gasteiger partial charge in [-0.25, -0.2) is 0 Å². The molecule has 0 heterocycles. The number of nitrogen functional groups attached to an aromatic ring is 1. The molecular formula is C15H14F3NO2. The van der Waals surface area contributed by atoms with Crippen molar-refractivity contribution in [2.24, 2.45) is 0 Å². The van der Waals surface area contributed by atoms with E-state index in [2.05, 4.69) is 4.74 Å². The van der Waals surface area contributed by atoms with Gasteiger partial charge < -0.3 is 15.2 Å². The van der Waals surface area contributed by atoms with Gasteiger partial charge in [0.2, 0.25) is 0 Å². The fourth-order valence-electron chi connectivity index (χ4n) is 1.83. The van der Waals surface area contributed by atoms with Gasteiger partial charge in [-0.2, -0.15) is 0 Å². The van der Waals surface area contributed by atoms with Gasteiger partial charge >= 0.3 is 6.36 Å². The minimum atomic E-state index is -4.76. The number of para-hydroxylation sites is 2. The molecule has 0 aromatic heterocycles. The zero-order valence-corrected chi connectivity index (χ0v) is 11.2. The lowest BCUT2D eigenvalue weighted by Crippen LogP contribution is -2.18. The Hall–Kier alpha value is -2.37. The van der Waals surface area contributed by atoms with Crippen molar-refractivity contribution in [3.8, 4) is 11.5 Å². The van der Waals surface area contributed by atoms with Crippen molar-refractivity contribution in [2.75, 3.05) is 5.73 Å². The summed E-state index contributed by atoms with van der Waals surface area (Å²) in [5.74, 6) is -0.356. The Morgan fingerprint density at radius 3 is 2.29 bits per heavy atom. The smallest absolute Gasteiger partial charge is 0.482 e. The number of rotatable bonds is 4. The summed E-state index contributed by atoms with van der Waals surface area (Å²) in [7, 11) is 0. The van der Waals surface area contributed by atoms with E-state index in [9.17, 15) is 13.2 Å². The number of hydrogen-bond donors (Lipinski definition) is 1. The third-order valence-electron chi connectivity index (χ3n) is 2.76. The molecular weight excluding hydrogens is 283 g/mol. The van der Waals surface area contributed by atoms with Crippen LogP contribution in [0.15, 0.2) is 48.5 Å². The van der Waals surface area contributed by atoms with Gasteiger partial charge in [0.1, 0.15) is 6.10 Å². The maximum Gasteiger partial charge on any atom is 0.573 e. The molecule has 2 N–H and O–H groups in total. The van der Waals surface area contributed by atoms with Crippen LogP contribution in [-0.4, -0.2) is 6.36 Å². The monoisotopic (exact) mass is 297 g/mol. The lowest BCUT2D eigenvalue weighted by molar-refractivity contribution is -0.275. The van der Waals surface area contributed by atoms with Gasteiger partial charge in [-0.3, -0.25) is 0 Å². The maximum absolute atomic E-state index is 12.3. The summed E-state index contributed by atoms with van der Waals surface area (Å²) in [5, 5.41) is 0. The Bertz CT molecular complexity index is 614. The molecule has 0 radical (unpaired) electrons. The second kappa shape index (κ2) is 5.95. The van der Waals surface area contributed by atoms with Crippen molar-refractivity contribution >= 4 is 5.69 Å². The average molecular weight is 297 g/mol. The summed E-state index contributed by atoms with van der Waals surface area (Å²) in [6, 6.07) is 12.6. The highest BCUT2D eigenvalue weighted by molar-refractivity contribution is 5.43. The molecule has 6 heteroatoms. The van der Waals surface area contributed by atoms with Gasteiger partial charge in [0.25, 0.3) is 0 Å². The number of hydrogen-bond acceptors (Lipinski definition) is 3. The van der Waals surface area contributed by atoms with Gasteiger partial charge in [-0.05, 0) is 36.8 Å². The molecule has 0 saturated carbocycles. The van der Waals surface area contributed by atoms with Crippen LogP contribution in [-0.2, 0) is 0 Å². The van der Waals surface area contributed by atoms with Gasteiger partial charge in [0, 0.05) is 5.69 Å². The van der Waals surface area contributed by atoms with E-state index in [0.717, 1.165) is 5.56 Å². The maximum atomic E-state index is 12.3. The van der Waals surface area contributed by atoms with Crippen LogP contribution >= 0.6 is 0 Å². The predicted molar refractivity (Wildman–Crippen MR) is 73.0 cm³/mol. The van der Waals surface area contributed by atoms with Crippen LogP contribution in [0.25, 0.3) is 0 Å². The minimum Gasteiger partial charge on any atom is -0.482 e. The first kappa shape index (κ1) is 15.0. The van der Waals surface area contributed by atoms with Crippen LogP contribution in [0.1, 0.15) is 18.6 Å². The zero-order chi connectivity index (χ0) is 15.5. The molecule has 0 aliphatic rings. The molecule has 1 atom stereocenters. The van der Waals surface area contributed by atoms with E-state index in [-0.39, 0.29) is 11.5 Å². The molecule has 2 aromatic carbocycles. The molecule has 2 aromatic rings. The van der Waals surface area contributed by atoms with Gasteiger partial charge in [-0.15, -0.1) is 13.2 Å². The van der Waals surface area contributed by atoms with Crippen molar-refractivity contribution in [3.05, 3.63) is 54.1 Å². The van der Waals surface area contributed by atoms with Crippen LogP contribution in [0.5, 0.6) is 11.5 Å². The molecule has 0 aliphatic carbocycles. The molecule has 21 heavy (non-hydrogen) atoms. The molecule has 0 saturated heterocycles. The summed E-state index contributed by atoms with van der Waals surface area (Å²) in [5.41, 5.74) is 6.99. The fraction of sp³-hybridized carbons (Fsp3) is 0.200. The Balaban J connectivity index is 2.19. The first-order chi connectivity index (χ1) is 9.85. The van der Waals surface area contributed by atoms with E-state index >= 15 is 0 Å². The zero-order valence-electron chi connectivity index (χ0n) is 11.2. The highest BCUT2D eigenvalue weighted by Gasteiger charge is 2.32.